The van der Waals surface area contributed by atoms with E-state index in [9.17, 15) is 4.79 Å². The van der Waals surface area contributed by atoms with Gasteiger partial charge < -0.3 is 14.8 Å². The summed E-state index contributed by atoms with van der Waals surface area (Å²) in [5, 5.41) is 6.98. The van der Waals surface area contributed by atoms with Crippen LogP contribution in [0.2, 0.25) is 0 Å². The zero-order chi connectivity index (χ0) is 16.7. The molecule has 0 radical (unpaired) electrons. The number of aromatic nitrogens is 2. The quantitative estimate of drug-likeness (QED) is 0.687. The zero-order valence-electron chi connectivity index (χ0n) is 14.1. The van der Waals surface area contributed by atoms with Crippen LogP contribution in [0.15, 0.2) is 12.4 Å². The van der Waals surface area contributed by atoms with E-state index >= 15 is 0 Å². The van der Waals surface area contributed by atoms with E-state index in [0.29, 0.717) is 13.0 Å². The van der Waals surface area contributed by atoms with Crippen LogP contribution in [0.5, 0.6) is 0 Å². The highest BCUT2D eigenvalue weighted by Gasteiger charge is 2.16. The SMILES string of the molecule is CC(C)(C)OC(=O)NCCC#Cc1cnn([C@@H]2CCCCO2)c1. The molecule has 1 saturated heterocycles. The minimum atomic E-state index is -0.481. The van der Waals surface area contributed by atoms with Gasteiger partial charge in [-0.05, 0) is 40.0 Å². The van der Waals surface area contributed by atoms with Gasteiger partial charge in [0.05, 0.1) is 11.8 Å². The van der Waals surface area contributed by atoms with E-state index in [1.807, 2.05) is 31.6 Å². The fourth-order valence-electron chi connectivity index (χ4n) is 2.20. The Balaban J connectivity index is 1.72. The molecule has 1 aromatic rings. The normalized spacial score (nSPS) is 18.0. The number of ether oxygens (including phenoxy) is 2. The topological polar surface area (TPSA) is 65.4 Å². The van der Waals surface area contributed by atoms with E-state index in [1.165, 1.54) is 6.42 Å². The highest BCUT2D eigenvalue weighted by atomic mass is 16.6. The molecule has 0 saturated carbocycles. The van der Waals surface area contributed by atoms with Crippen LogP contribution in [0, 0.1) is 11.8 Å². The van der Waals surface area contributed by atoms with Crippen LogP contribution in [0.3, 0.4) is 0 Å². The first kappa shape index (κ1) is 17.4. The van der Waals surface area contributed by atoms with E-state index in [1.54, 1.807) is 6.20 Å². The van der Waals surface area contributed by atoms with E-state index in [2.05, 4.69) is 22.3 Å². The number of alkyl carbamates (subject to hydrolysis) is 1. The van der Waals surface area contributed by atoms with Crippen LogP contribution >= 0.6 is 0 Å². The monoisotopic (exact) mass is 319 g/mol. The maximum Gasteiger partial charge on any atom is 0.407 e. The van der Waals surface area contributed by atoms with Gasteiger partial charge in [-0.3, -0.25) is 0 Å². The molecule has 0 aromatic carbocycles. The standard InChI is InChI=1S/C17H25N3O3/c1-17(2,3)23-16(21)18-10-6-4-8-14-12-19-20(13-14)15-9-5-7-11-22-15/h12-13,15H,5-7,9-11H2,1-3H3,(H,18,21)/t15-/m0/s1. The average molecular weight is 319 g/mol. The molecule has 23 heavy (non-hydrogen) atoms. The second-order valence-corrected chi connectivity index (χ2v) is 6.51. The third-order valence-corrected chi connectivity index (χ3v) is 3.20. The summed E-state index contributed by atoms with van der Waals surface area (Å²) in [5.41, 5.74) is 0.377. The molecule has 2 rings (SSSR count). The van der Waals surface area contributed by atoms with Crippen molar-refractivity contribution in [3.8, 4) is 11.8 Å². The molecule has 0 unspecified atom stereocenters. The van der Waals surface area contributed by atoms with Gasteiger partial charge in [0, 0.05) is 25.8 Å². The van der Waals surface area contributed by atoms with Gasteiger partial charge in [-0.15, -0.1) is 0 Å². The molecule has 1 N–H and O–H groups in total. The van der Waals surface area contributed by atoms with Crippen LogP contribution in [0.4, 0.5) is 4.79 Å². The Morgan fingerprint density at radius 3 is 3.04 bits per heavy atom. The van der Waals surface area contributed by atoms with Crippen LogP contribution in [-0.2, 0) is 9.47 Å². The number of hydrogen-bond donors (Lipinski definition) is 1. The Hall–Kier alpha value is -2.00. The maximum absolute atomic E-state index is 11.5. The van der Waals surface area contributed by atoms with Crippen molar-refractivity contribution in [2.45, 2.75) is 58.3 Å². The zero-order valence-corrected chi connectivity index (χ0v) is 14.1. The summed E-state index contributed by atoms with van der Waals surface area (Å²) in [5.74, 6) is 6.07. The number of hydrogen-bond acceptors (Lipinski definition) is 4. The Morgan fingerprint density at radius 2 is 2.35 bits per heavy atom. The van der Waals surface area contributed by atoms with Crippen molar-refractivity contribution < 1.29 is 14.3 Å². The first-order chi connectivity index (χ1) is 10.9. The van der Waals surface area contributed by atoms with Crippen molar-refractivity contribution in [2.75, 3.05) is 13.2 Å². The summed E-state index contributed by atoms with van der Waals surface area (Å²) < 4.78 is 12.7. The molecule has 1 aliphatic rings. The molecule has 1 amide bonds. The minimum absolute atomic E-state index is 0.0353. The predicted molar refractivity (Wildman–Crippen MR) is 86.8 cm³/mol. The highest BCUT2D eigenvalue weighted by molar-refractivity contribution is 5.67. The summed E-state index contributed by atoms with van der Waals surface area (Å²) in [7, 11) is 0. The predicted octanol–water partition coefficient (Wildman–Crippen LogP) is 2.85. The molecular weight excluding hydrogens is 294 g/mol. The van der Waals surface area contributed by atoms with Crippen LogP contribution in [0.1, 0.15) is 58.2 Å². The molecule has 1 aliphatic heterocycles. The summed E-state index contributed by atoms with van der Waals surface area (Å²) >= 11 is 0. The van der Waals surface area contributed by atoms with Crippen molar-refractivity contribution in [3.63, 3.8) is 0 Å². The van der Waals surface area contributed by atoms with Gasteiger partial charge in [0.15, 0.2) is 0 Å². The summed E-state index contributed by atoms with van der Waals surface area (Å²) in [6, 6.07) is 0. The van der Waals surface area contributed by atoms with E-state index in [4.69, 9.17) is 9.47 Å². The Morgan fingerprint density at radius 1 is 1.52 bits per heavy atom. The van der Waals surface area contributed by atoms with E-state index in [0.717, 1.165) is 25.0 Å². The molecule has 6 heteroatoms. The van der Waals surface area contributed by atoms with Gasteiger partial charge in [0.2, 0.25) is 0 Å². The van der Waals surface area contributed by atoms with E-state index in [-0.39, 0.29) is 6.23 Å². The van der Waals surface area contributed by atoms with Crippen LogP contribution in [0.25, 0.3) is 0 Å². The van der Waals surface area contributed by atoms with Crippen LogP contribution in [-0.4, -0.2) is 34.6 Å². The highest BCUT2D eigenvalue weighted by Crippen LogP contribution is 2.21. The molecule has 126 valence electrons. The maximum atomic E-state index is 11.5. The lowest BCUT2D eigenvalue weighted by atomic mass is 10.2. The van der Waals surface area contributed by atoms with Gasteiger partial charge >= 0.3 is 6.09 Å². The van der Waals surface area contributed by atoms with Crippen molar-refractivity contribution in [2.24, 2.45) is 0 Å². The lowest BCUT2D eigenvalue weighted by molar-refractivity contribution is -0.0395. The second-order valence-electron chi connectivity index (χ2n) is 6.51. The second kappa shape index (κ2) is 8.02. The summed E-state index contributed by atoms with van der Waals surface area (Å²) in [4.78, 5) is 11.5. The Kier molecular flexibility index (Phi) is 6.05. The summed E-state index contributed by atoms with van der Waals surface area (Å²) in [6.07, 6.45) is 7.11. The molecule has 1 fully saturated rings. The van der Waals surface area contributed by atoms with Gasteiger partial charge in [0.25, 0.3) is 0 Å². The molecule has 0 spiro atoms. The fourth-order valence-corrected chi connectivity index (χ4v) is 2.20. The smallest absolute Gasteiger partial charge is 0.407 e. The number of rotatable bonds is 3. The van der Waals surface area contributed by atoms with Crippen molar-refractivity contribution >= 4 is 6.09 Å². The minimum Gasteiger partial charge on any atom is -0.444 e. The summed E-state index contributed by atoms with van der Waals surface area (Å²) in [6.45, 7) is 6.75. The molecule has 6 nitrogen and oxygen atoms in total. The molecule has 0 aliphatic carbocycles. The van der Waals surface area contributed by atoms with Crippen molar-refractivity contribution in [1.82, 2.24) is 15.1 Å². The third-order valence-electron chi connectivity index (χ3n) is 3.20. The molecule has 1 atom stereocenters. The molecule has 0 bridgehead atoms. The van der Waals surface area contributed by atoms with E-state index < -0.39 is 11.7 Å². The largest absolute Gasteiger partial charge is 0.444 e. The van der Waals surface area contributed by atoms with Gasteiger partial charge in [-0.1, -0.05) is 11.8 Å². The number of nitrogens with one attached hydrogen (secondary N) is 1. The fraction of sp³-hybridized carbons (Fsp3) is 0.647. The third kappa shape index (κ3) is 6.33. The molecule has 2 heterocycles. The molecule has 1 aromatic heterocycles. The van der Waals surface area contributed by atoms with Crippen LogP contribution < -0.4 is 5.32 Å². The van der Waals surface area contributed by atoms with Crippen molar-refractivity contribution in [3.05, 3.63) is 18.0 Å². The van der Waals surface area contributed by atoms with Gasteiger partial charge in [0.1, 0.15) is 11.8 Å². The van der Waals surface area contributed by atoms with Crippen molar-refractivity contribution in [1.29, 1.82) is 0 Å². The number of carbonyl (C=O) groups excluding carboxylic acids is 1. The number of nitrogens with zero attached hydrogens (tertiary/aromatic N) is 2. The number of amides is 1. The average Bonchev–Trinajstić information content (AvgIpc) is 2.95. The Labute approximate surface area is 137 Å². The first-order valence-corrected chi connectivity index (χ1v) is 8.05. The van der Waals surface area contributed by atoms with Gasteiger partial charge in [-0.2, -0.15) is 5.10 Å². The lowest BCUT2D eigenvalue weighted by Gasteiger charge is -2.22. The molecular formula is C17H25N3O3. The lowest BCUT2D eigenvalue weighted by Crippen LogP contribution is -2.32. The first-order valence-electron chi connectivity index (χ1n) is 8.05. The number of carbonyl (C=O) groups is 1. The Bertz CT molecular complexity index is 572. The van der Waals surface area contributed by atoms with Gasteiger partial charge in [-0.25, -0.2) is 9.48 Å².